The van der Waals surface area contributed by atoms with Gasteiger partial charge >= 0.3 is 0 Å². The SMILES string of the molecule is C[C@@H]1N(C)c2cc3c(cc2C1(C)C)[P@](=Nc1ccc(Br)cc1)(N1CCOCC1)OC(c1ccc(F)cc1)=N3. The number of hydrogen-bond acceptors (Lipinski definition) is 5. The van der Waals surface area contributed by atoms with Crippen molar-refractivity contribution in [2.75, 3.05) is 38.3 Å². The van der Waals surface area contributed by atoms with Crippen LogP contribution in [0, 0.1) is 5.82 Å². The summed E-state index contributed by atoms with van der Waals surface area (Å²) < 4.78 is 35.3. The Labute approximate surface area is 231 Å². The van der Waals surface area contributed by atoms with Gasteiger partial charge in [0.15, 0.2) is 0 Å². The Hall–Kier alpha value is -2.51. The molecule has 1 fully saturated rings. The van der Waals surface area contributed by atoms with Crippen molar-refractivity contribution in [1.29, 1.82) is 0 Å². The molecule has 6 nitrogen and oxygen atoms in total. The third kappa shape index (κ3) is 4.22. The average Bonchev–Trinajstić information content (AvgIpc) is 3.09. The molecule has 9 heteroatoms. The van der Waals surface area contributed by atoms with Crippen LogP contribution in [0.2, 0.25) is 0 Å². The van der Waals surface area contributed by atoms with E-state index in [1.807, 2.05) is 24.3 Å². The lowest BCUT2D eigenvalue weighted by molar-refractivity contribution is 0.0716. The minimum absolute atomic E-state index is 0.0572. The summed E-state index contributed by atoms with van der Waals surface area (Å²) in [6.07, 6.45) is 0. The van der Waals surface area contributed by atoms with Gasteiger partial charge in [0.2, 0.25) is 13.3 Å². The molecule has 3 aliphatic heterocycles. The van der Waals surface area contributed by atoms with E-state index < -0.39 is 7.43 Å². The second kappa shape index (κ2) is 9.60. The fourth-order valence-corrected chi connectivity index (χ4v) is 8.77. The highest BCUT2D eigenvalue weighted by Gasteiger charge is 2.46. The van der Waals surface area contributed by atoms with Gasteiger partial charge in [-0.2, -0.15) is 0 Å². The smallest absolute Gasteiger partial charge is 0.242 e. The van der Waals surface area contributed by atoms with Crippen molar-refractivity contribution in [2.45, 2.75) is 32.2 Å². The predicted molar refractivity (Wildman–Crippen MR) is 156 cm³/mol. The molecule has 2 atom stereocenters. The molecule has 3 aromatic carbocycles. The van der Waals surface area contributed by atoms with Gasteiger partial charge in [-0.15, -0.1) is 0 Å². The van der Waals surface area contributed by atoms with E-state index in [1.54, 1.807) is 12.1 Å². The van der Waals surface area contributed by atoms with E-state index in [-0.39, 0.29) is 11.2 Å². The summed E-state index contributed by atoms with van der Waals surface area (Å²) in [5.74, 6) is 0.168. The molecule has 0 aliphatic carbocycles. The molecule has 0 spiro atoms. The minimum atomic E-state index is -2.83. The van der Waals surface area contributed by atoms with Gasteiger partial charge in [0, 0.05) is 47.3 Å². The number of likely N-dealkylation sites (N-methyl/N-ethyl adjacent to an activating group) is 1. The van der Waals surface area contributed by atoms with Crippen molar-refractivity contribution < 1.29 is 13.7 Å². The van der Waals surface area contributed by atoms with E-state index in [0.29, 0.717) is 38.2 Å². The van der Waals surface area contributed by atoms with Gasteiger partial charge in [-0.1, -0.05) is 29.8 Å². The summed E-state index contributed by atoms with van der Waals surface area (Å²) in [7, 11) is -0.690. The number of benzene rings is 3. The largest absolute Gasteiger partial charge is 0.424 e. The number of fused-ring (bicyclic) bond motifs is 2. The molecule has 0 saturated carbocycles. The van der Waals surface area contributed by atoms with Crippen LogP contribution < -0.4 is 10.2 Å². The summed E-state index contributed by atoms with van der Waals surface area (Å²) in [5, 5.41) is 1.02. The minimum Gasteiger partial charge on any atom is -0.424 e. The van der Waals surface area contributed by atoms with Gasteiger partial charge in [-0.25, -0.2) is 18.8 Å². The van der Waals surface area contributed by atoms with Crippen LogP contribution in [0.3, 0.4) is 0 Å². The average molecular weight is 597 g/mol. The van der Waals surface area contributed by atoms with E-state index >= 15 is 0 Å². The van der Waals surface area contributed by atoms with E-state index in [4.69, 9.17) is 19.0 Å². The normalized spacial score (nSPS) is 24.3. The molecule has 0 radical (unpaired) electrons. The number of halogens is 2. The van der Waals surface area contributed by atoms with E-state index in [2.05, 4.69) is 65.5 Å². The number of anilines is 1. The third-order valence-corrected chi connectivity index (χ3v) is 11.7. The zero-order valence-electron chi connectivity index (χ0n) is 22.0. The first kappa shape index (κ1) is 25.8. The lowest BCUT2D eigenvalue weighted by Gasteiger charge is -2.41. The molecule has 0 aromatic heterocycles. The van der Waals surface area contributed by atoms with Crippen LogP contribution in [0.5, 0.6) is 0 Å². The Balaban J connectivity index is 1.65. The Kier molecular flexibility index (Phi) is 6.50. The summed E-state index contributed by atoms with van der Waals surface area (Å²) in [6, 6.07) is 19.1. The van der Waals surface area contributed by atoms with E-state index in [1.165, 1.54) is 23.4 Å². The fraction of sp³-hybridized carbons (Fsp3) is 0.345. The van der Waals surface area contributed by atoms with Crippen molar-refractivity contribution in [2.24, 2.45) is 9.74 Å². The number of ether oxygens (including phenoxy) is 1. The number of aliphatic imine (C=N–C) groups is 1. The monoisotopic (exact) mass is 596 g/mol. The second-order valence-corrected chi connectivity index (χ2v) is 14.0. The van der Waals surface area contributed by atoms with Gasteiger partial charge < -0.3 is 14.2 Å². The maximum atomic E-state index is 13.8. The molecule has 3 aromatic rings. The van der Waals surface area contributed by atoms with E-state index in [9.17, 15) is 4.39 Å². The topological polar surface area (TPSA) is 49.7 Å². The molecule has 1 saturated heterocycles. The number of hydrogen-bond donors (Lipinski definition) is 0. The molecule has 0 bridgehead atoms. The molecule has 0 amide bonds. The van der Waals surface area contributed by atoms with Crippen LogP contribution in [-0.2, 0) is 14.7 Å². The van der Waals surface area contributed by atoms with Crippen molar-refractivity contribution in [3.05, 3.63) is 82.1 Å². The molecule has 0 N–H and O–H groups in total. The summed E-state index contributed by atoms with van der Waals surface area (Å²) in [5.41, 5.74) is 4.81. The van der Waals surface area contributed by atoms with Crippen molar-refractivity contribution in [3.8, 4) is 0 Å². The summed E-state index contributed by atoms with van der Waals surface area (Å²) in [4.78, 5) is 7.36. The first-order valence-electron chi connectivity index (χ1n) is 12.9. The first-order valence-corrected chi connectivity index (χ1v) is 15.3. The molecule has 3 aliphatic rings. The lowest BCUT2D eigenvalue weighted by atomic mass is 9.81. The van der Waals surface area contributed by atoms with Gasteiger partial charge in [0.25, 0.3) is 0 Å². The molecule has 0 unspecified atom stereocenters. The highest BCUT2D eigenvalue weighted by Crippen LogP contribution is 2.61. The van der Waals surface area contributed by atoms with Crippen LogP contribution >= 0.6 is 23.4 Å². The Bertz CT molecular complexity index is 1470. The third-order valence-electron chi connectivity index (χ3n) is 8.08. The van der Waals surface area contributed by atoms with Gasteiger partial charge in [-0.05, 0) is 73.2 Å². The number of nitrogens with zero attached hydrogens (tertiary/aromatic N) is 4. The molecular formula is C29H31BrFN4O2P. The van der Waals surface area contributed by atoms with Gasteiger partial charge in [-0.3, -0.25) is 0 Å². The van der Waals surface area contributed by atoms with Crippen molar-refractivity contribution in [3.63, 3.8) is 0 Å². The van der Waals surface area contributed by atoms with Crippen LogP contribution in [0.4, 0.5) is 21.5 Å². The second-order valence-electron chi connectivity index (χ2n) is 10.6. The van der Waals surface area contributed by atoms with Crippen LogP contribution in [0.15, 0.2) is 74.9 Å². The van der Waals surface area contributed by atoms with Crippen molar-refractivity contribution in [1.82, 2.24) is 4.67 Å². The Morgan fingerprint density at radius 2 is 1.74 bits per heavy atom. The highest BCUT2D eigenvalue weighted by atomic mass is 79.9. The number of rotatable bonds is 3. The molecule has 3 heterocycles. The molecule has 38 heavy (non-hydrogen) atoms. The first-order chi connectivity index (χ1) is 18.2. The van der Waals surface area contributed by atoms with Gasteiger partial charge in [0.1, 0.15) is 5.82 Å². The quantitative estimate of drug-likeness (QED) is 0.302. The van der Waals surface area contributed by atoms with Gasteiger partial charge in [0.05, 0.1) is 29.9 Å². The van der Waals surface area contributed by atoms with Crippen LogP contribution in [0.25, 0.3) is 0 Å². The highest BCUT2D eigenvalue weighted by molar-refractivity contribution is 9.10. The zero-order valence-corrected chi connectivity index (χ0v) is 24.5. The molecule has 198 valence electrons. The predicted octanol–water partition coefficient (Wildman–Crippen LogP) is 7.13. The zero-order chi connectivity index (χ0) is 26.7. The maximum absolute atomic E-state index is 13.8. The Morgan fingerprint density at radius 3 is 2.42 bits per heavy atom. The standard InChI is InChI=1S/C29H31BrFN4O2P/c1-19-29(2,3)24-17-27-25(18-26(24)34(19)4)32-28(20-5-9-22(31)10-6-20)37-38(27,35-13-15-36-16-14-35)33-23-11-7-21(30)8-12-23/h5-12,17-19H,13-16H2,1-4H3/t19-,38-/m0/s1. The fourth-order valence-electron chi connectivity index (χ4n) is 5.46. The maximum Gasteiger partial charge on any atom is 0.242 e. The molecular weight excluding hydrogens is 566 g/mol. The van der Waals surface area contributed by atoms with Crippen LogP contribution in [0.1, 0.15) is 31.9 Å². The van der Waals surface area contributed by atoms with E-state index in [0.717, 1.165) is 26.7 Å². The lowest BCUT2D eigenvalue weighted by Crippen LogP contribution is -2.39. The number of morpholine rings is 1. The summed E-state index contributed by atoms with van der Waals surface area (Å²) >= 11 is 3.54. The van der Waals surface area contributed by atoms with Crippen LogP contribution in [-0.4, -0.2) is 50.0 Å². The summed E-state index contributed by atoms with van der Waals surface area (Å²) in [6.45, 7) is 9.46. The van der Waals surface area contributed by atoms with Crippen molar-refractivity contribution >= 4 is 51.6 Å². The molecule has 6 rings (SSSR count). The Morgan fingerprint density at radius 1 is 1.05 bits per heavy atom.